The largest absolute Gasteiger partial charge is 0.380 e. The Morgan fingerprint density at radius 2 is 2.11 bits per heavy atom. The zero-order valence-corrected chi connectivity index (χ0v) is 10.9. The summed E-state index contributed by atoms with van der Waals surface area (Å²) >= 11 is 0. The summed E-state index contributed by atoms with van der Waals surface area (Å²) in [5.41, 5.74) is 1.03. The molecule has 0 aromatic carbocycles. The van der Waals surface area contributed by atoms with Crippen LogP contribution in [0.5, 0.6) is 0 Å². The Morgan fingerprint density at radius 1 is 1.28 bits per heavy atom. The topological polar surface area (TPSA) is 41.5 Å². The molecule has 5 heteroatoms. The first-order valence-electron chi connectivity index (χ1n) is 6.69. The normalized spacial score (nSPS) is 25.6. The van der Waals surface area contributed by atoms with Crippen molar-refractivity contribution in [1.29, 1.82) is 0 Å². The van der Waals surface area contributed by atoms with Gasteiger partial charge in [0.1, 0.15) is 0 Å². The first kappa shape index (κ1) is 11.9. The Morgan fingerprint density at radius 3 is 2.78 bits per heavy atom. The third-order valence-corrected chi connectivity index (χ3v) is 3.80. The summed E-state index contributed by atoms with van der Waals surface area (Å²) in [5.74, 6) is 0.873. The molecule has 0 bridgehead atoms. The third-order valence-electron chi connectivity index (χ3n) is 3.80. The summed E-state index contributed by atoms with van der Waals surface area (Å²) in [6.45, 7) is 8.04. The summed E-state index contributed by atoms with van der Waals surface area (Å²) < 4.78 is 5.46. The Balaban J connectivity index is 1.59. The van der Waals surface area contributed by atoms with Crippen LogP contribution in [0, 0.1) is 6.92 Å². The molecule has 1 atom stereocenters. The Hall–Kier alpha value is -1.20. The maximum Gasteiger partial charge on any atom is 0.225 e. The van der Waals surface area contributed by atoms with E-state index in [1.165, 1.54) is 6.42 Å². The van der Waals surface area contributed by atoms with Gasteiger partial charge in [-0.2, -0.15) is 0 Å². The number of nitrogens with zero attached hydrogens (tertiary/aromatic N) is 4. The Kier molecular flexibility index (Phi) is 3.43. The Labute approximate surface area is 108 Å². The summed E-state index contributed by atoms with van der Waals surface area (Å²) in [6.07, 6.45) is 3.02. The molecule has 0 saturated carbocycles. The van der Waals surface area contributed by atoms with E-state index in [2.05, 4.69) is 19.8 Å². The second-order valence-electron chi connectivity index (χ2n) is 5.04. The summed E-state index contributed by atoms with van der Waals surface area (Å²) in [4.78, 5) is 13.7. The maximum absolute atomic E-state index is 5.46. The molecule has 0 radical (unpaired) electrons. The van der Waals surface area contributed by atoms with Gasteiger partial charge in [0.15, 0.2) is 0 Å². The molecule has 2 fully saturated rings. The number of hydrogen-bond donors (Lipinski definition) is 0. The smallest absolute Gasteiger partial charge is 0.225 e. The van der Waals surface area contributed by atoms with Gasteiger partial charge < -0.3 is 9.64 Å². The lowest BCUT2D eigenvalue weighted by atomic mass is 10.2. The van der Waals surface area contributed by atoms with Crippen LogP contribution in [0.25, 0.3) is 0 Å². The van der Waals surface area contributed by atoms with E-state index in [-0.39, 0.29) is 0 Å². The third kappa shape index (κ3) is 2.47. The number of aromatic nitrogens is 2. The van der Waals surface area contributed by atoms with Crippen LogP contribution in [0.2, 0.25) is 0 Å². The number of aryl methyl sites for hydroxylation is 1. The minimum absolute atomic E-state index is 0.630. The minimum atomic E-state index is 0.630. The van der Waals surface area contributed by atoms with E-state index in [1.54, 1.807) is 0 Å². The zero-order valence-electron chi connectivity index (χ0n) is 10.9. The highest BCUT2D eigenvalue weighted by atomic mass is 16.5. The molecule has 0 amide bonds. The van der Waals surface area contributed by atoms with Crippen LogP contribution in [0.4, 0.5) is 5.95 Å². The van der Waals surface area contributed by atoms with Gasteiger partial charge in [-0.3, -0.25) is 4.90 Å². The number of ether oxygens (including phenoxy) is 1. The predicted octanol–water partition coefficient (Wildman–Crippen LogP) is 0.696. The van der Waals surface area contributed by atoms with Gasteiger partial charge in [-0.15, -0.1) is 0 Å². The highest BCUT2D eigenvalue weighted by Crippen LogP contribution is 2.17. The zero-order chi connectivity index (χ0) is 12.4. The van der Waals surface area contributed by atoms with Crippen molar-refractivity contribution in [1.82, 2.24) is 14.9 Å². The molecule has 98 valence electrons. The fourth-order valence-electron chi connectivity index (χ4n) is 2.69. The standard InChI is InChI=1S/C13H20N4O/c1-11-2-4-14-13(15-11)17-7-5-16(6-8-17)12-3-9-18-10-12/h2,4,12H,3,5-10H2,1H3/t12-/m1/s1. The first-order valence-corrected chi connectivity index (χ1v) is 6.69. The molecule has 5 nitrogen and oxygen atoms in total. The van der Waals surface area contributed by atoms with Crippen LogP contribution in [0.15, 0.2) is 12.3 Å². The highest BCUT2D eigenvalue weighted by molar-refractivity contribution is 5.30. The molecule has 0 unspecified atom stereocenters. The molecule has 1 aromatic heterocycles. The fraction of sp³-hybridized carbons (Fsp3) is 0.692. The Bertz CT molecular complexity index is 398. The molecule has 0 aliphatic carbocycles. The van der Waals surface area contributed by atoms with Gasteiger partial charge in [0.25, 0.3) is 0 Å². The molecule has 1 aromatic rings. The SMILES string of the molecule is Cc1ccnc(N2CCN([C@@H]3CCOC3)CC2)n1. The summed E-state index contributed by atoms with van der Waals surface area (Å²) in [6, 6.07) is 2.57. The van der Waals surface area contributed by atoms with Crippen molar-refractivity contribution in [2.24, 2.45) is 0 Å². The van der Waals surface area contributed by atoms with E-state index in [9.17, 15) is 0 Å². The maximum atomic E-state index is 5.46. The van der Waals surface area contributed by atoms with Gasteiger partial charge in [0.05, 0.1) is 6.61 Å². The van der Waals surface area contributed by atoms with Crippen molar-refractivity contribution >= 4 is 5.95 Å². The lowest BCUT2D eigenvalue weighted by Gasteiger charge is -2.37. The van der Waals surface area contributed by atoms with Gasteiger partial charge >= 0.3 is 0 Å². The van der Waals surface area contributed by atoms with Crippen LogP contribution in [0.1, 0.15) is 12.1 Å². The van der Waals surface area contributed by atoms with Gasteiger partial charge in [0.2, 0.25) is 5.95 Å². The van der Waals surface area contributed by atoms with Crippen LogP contribution in [-0.4, -0.2) is 60.3 Å². The quantitative estimate of drug-likeness (QED) is 0.770. The molecular weight excluding hydrogens is 228 g/mol. The lowest BCUT2D eigenvalue weighted by molar-refractivity contribution is 0.138. The highest BCUT2D eigenvalue weighted by Gasteiger charge is 2.27. The van der Waals surface area contributed by atoms with Crippen molar-refractivity contribution in [2.75, 3.05) is 44.3 Å². The molecule has 0 spiro atoms. The summed E-state index contributed by atoms with van der Waals surface area (Å²) in [7, 11) is 0. The van der Waals surface area contributed by atoms with E-state index in [0.717, 1.165) is 51.0 Å². The number of hydrogen-bond acceptors (Lipinski definition) is 5. The summed E-state index contributed by atoms with van der Waals surface area (Å²) in [5, 5.41) is 0. The van der Waals surface area contributed by atoms with Gasteiger partial charge in [-0.25, -0.2) is 9.97 Å². The van der Waals surface area contributed by atoms with Crippen LogP contribution >= 0.6 is 0 Å². The molecular formula is C13H20N4O. The molecule has 18 heavy (non-hydrogen) atoms. The number of anilines is 1. The minimum Gasteiger partial charge on any atom is -0.380 e. The van der Waals surface area contributed by atoms with Gasteiger partial charge in [0, 0.05) is 50.7 Å². The van der Waals surface area contributed by atoms with Gasteiger partial charge in [-0.05, 0) is 19.4 Å². The van der Waals surface area contributed by atoms with Crippen LogP contribution in [0.3, 0.4) is 0 Å². The van der Waals surface area contributed by atoms with E-state index >= 15 is 0 Å². The van der Waals surface area contributed by atoms with E-state index in [4.69, 9.17) is 4.74 Å². The van der Waals surface area contributed by atoms with Crippen LogP contribution < -0.4 is 4.90 Å². The molecule has 3 heterocycles. The molecule has 2 saturated heterocycles. The molecule has 0 N–H and O–H groups in total. The molecule has 2 aliphatic heterocycles. The van der Waals surface area contributed by atoms with E-state index in [0.29, 0.717) is 6.04 Å². The fourth-order valence-corrected chi connectivity index (χ4v) is 2.69. The average molecular weight is 248 g/mol. The monoisotopic (exact) mass is 248 g/mol. The second kappa shape index (κ2) is 5.20. The van der Waals surface area contributed by atoms with E-state index in [1.807, 2.05) is 19.2 Å². The van der Waals surface area contributed by atoms with Crippen molar-refractivity contribution < 1.29 is 4.74 Å². The first-order chi connectivity index (χ1) is 8.83. The average Bonchev–Trinajstić information content (AvgIpc) is 2.93. The molecule has 3 rings (SSSR count). The number of piperazine rings is 1. The van der Waals surface area contributed by atoms with Crippen molar-refractivity contribution in [3.05, 3.63) is 18.0 Å². The second-order valence-corrected chi connectivity index (χ2v) is 5.04. The number of rotatable bonds is 2. The van der Waals surface area contributed by atoms with Crippen molar-refractivity contribution in [2.45, 2.75) is 19.4 Å². The van der Waals surface area contributed by atoms with Crippen molar-refractivity contribution in [3.8, 4) is 0 Å². The predicted molar refractivity (Wildman–Crippen MR) is 69.8 cm³/mol. The lowest BCUT2D eigenvalue weighted by Crippen LogP contribution is -2.51. The van der Waals surface area contributed by atoms with Gasteiger partial charge in [-0.1, -0.05) is 0 Å². The molecule has 2 aliphatic rings. The van der Waals surface area contributed by atoms with E-state index < -0.39 is 0 Å². The van der Waals surface area contributed by atoms with Crippen molar-refractivity contribution in [3.63, 3.8) is 0 Å². The van der Waals surface area contributed by atoms with Crippen LogP contribution in [-0.2, 0) is 4.74 Å².